The van der Waals surface area contributed by atoms with Gasteiger partial charge in [-0.3, -0.25) is 4.90 Å². The van der Waals surface area contributed by atoms with Crippen molar-refractivity contribution in [3.05, 3.63) is 27.9 Å². The minimum Gasteiger partial charge on any atom is -0.389 e. The summed E-state index contributed by atoms with van der Waals surface area (Å²) in [6, 6.07) is 2.09. The lowest BCUT2D eigenvalue weighted by Crippen LogP contribution is -2.35. The van der Waals surface area contributed by atoms with Crippen molar-refractivity contribution in [3.63, 3.8) is 0 Å². The van der Waals surface area contributed by atoms with E-state index in [0.29, 0.717) is 6.54 Å². The van der Waals surface area contributed by atoms with Gasteiger partial charge >= 0.3 is 0 Å². The van der Waals surface area contributed by atoms with Crippen molar-refractivity contribution >= 4 is 22.7 Å². The van der Waals surface area contributed by atoms with Crippen LogP contribution in [0.15, 0.2) is 22.2 Å². The smallest absolute Gasteiger partial charge is 0.124 e. The van der Waals surface area contributed by atoms with Crippen molar-refractivity contribution < 1.29 is 5.11 Å². The Hall–Kier alpha value is -0.750. The highest BCUT2D eigenvalue weighted by Gasteiger charge is 2.16. The predicted octanol–water partition coefficient (Wildman–Crippen LogP) is 3.07. The highest BCUT2D eigenvalue weighted by molar-refractivity contribution is 7.14. The zero-order valence-corrected chi connectivity index (χ0v) is 12.5. The third-order valence-electron chi connectivity index (χ3n) is 2.41. The summed E-state index contributed by atoms with van der Waals surface area (Å²) in [6.45, 7) is 5.05. The Kier molecular flexibility index (Phi) is 4.17. The molecule has 2 aromatic rings. The van der Waals surface area contributed by atoms with Gasteiger partial charge in [-0.05, 0) is 32.3 Å². The Morgan fingerprint density at radius 3 is 2.78 bits per heavy atom. The zero-order valence-electron chi connectivity index (χ0n) is 10.9. The number of nitrogens with zero attached hydrogens (tertiary/aromatic N) is 2. The van der Waals surface area contributed by atoms with Gasteiger partial charge in [-0.2, -0.15) is 11.3 Å². The van der Waals surface area contributed by atoms with E-state index in [1.807, 2.05) is 20.9 Å². The Labute approximate surface area is 116 Å². The van der Waals surface area contributed by atoms with Crippen molar-refractivity contribution in [2.24, 2.45) is 0 Å². The second kappa shape index (κ2) is 5.48. The van der Waals surface area contributed by atoms with Crippen LogP contribution in [0.5, 0.6) is 0 Å². The van der Waals surface area contributed by atoms with Gasteiger partial charge < -0.3 is 5.11 Å². The molecule has 0 aliphatic rings. The summed E-state index contributed by atoms with van der Waals surface area (Å²) in [5.74, 6) is 0. The molecule has 2 aromatic heterocycles. The molecule has 2 heterocycles. The van der Waals surface area contributed by atoms with Crippen LogP contribution in [0.25, 0.3) is 10.6 Å². The van der Waals surface area contributed by atoms with E-state index in [1.165, 1.54) is 5.56 Å². The fraction of sp³-hybridized carbons (Fsp3) is 0.462. The van der Waals surface area contributed by atoms with Crippen LogP contribution in [0.3, 0.4) is 0 Å². The molecule has 1 N–H and O–H groups in total. The van der Waals surface area contributed by atoms with Crippen LogP contribution in [-0.4, -0.2) is 34.2 Å². The molecule has 0 unspecified atom stereocenters. The molecule has 0 radical (unpaired) electrons. The van der Waals surface area contributed by atoms with Crippen molar-refractivity contribution in [2.45, 2.75) is 26.0 Å². The lowest BCUT2D eigenvalue weighted by atomic mass is 10.1. The predicted molar refractivity (Wildman–Crippen MR) is 78.1 cm³/mol. The van der Waals surface area contributed by atoms with Crippen LogP contribution >= 0.6 is 22.7 Å². The molecule has 0 bridgehead atoms. The number of hydrogen-bond acceptors (Lipinski definition) is 5. The molecule has 3 nitrogen and oxygen atoms in total. The SMILES string of the molecule is CN(Cc1csc(-c2ccsc2)n1)CC(C)(C)O. The number of thiophene rings is 1. The maximum atomic E-state index is 9.76. The molecule has 0 fully saturated rings. The molecule has 0 saturated heterocycles. The number of aromatic nitrogens is 1. The topological polar surface area (TPSA) is 36.4 Å². The van der Waals surface area contributed by atoms with E-state index in [4.69, 9.17) is 0 Å². The molecule has 0 spiro atoms. The van der Waals surface area contributed by atoms with Gasteiger partial charge in [0.2, 0.25) is 0 Å². The second-order valence-corrected chi connectivity index (χ2v) is 6.78. The van der Waals surface area contributed by atoms with Crippen molar-refractivity contribution in [1.82, 2.24) is 9.88 Å². The van der Waals surface area contributed by atoms with E-state index in [0.717, 1.165) is 17.2 Å². The summed E-state index contributed by atoms with van der Waals surface area (Å²) in [4.78, 5) is 6.71. The van der Waals surface area contributed by atoms with Crippen molar-refractivity contribution in [3.8, 4) is 10.6 Å². The normalized spacial score (nSPS) is 12.3. The van der Waals surface area contributed by atoms with Crippen LogP contribution in [0.4, 0.5) is 0 Å². The first kappa shape index (κ1) is 13.7. The second-order valence-electron chi connectivity index (χ2n) is 5.14. The number of aliphatic hydroxyl groups is 1. The molecule has 0 saturated carbocycles. The quantitative estimate of drug-likeness (QED) is 0.915. The molecule has 0 aliphatic heterocycles. The van der Waals surface area contributed by atoms with Gasteiger partial charge in [0.15, 0.2) is 0 Å². The first-order valence-corrected chi connectivity index (χ1v) is 7.64. The monoisotopic (exact) mass is 282 g/mol. The van der Waals surface area contributed by atoms with Crippen LogP contribution in [0.1, 0.15) is 19.5 Å². The molecule has 0 atom stereocenters. The Bertz CT molecular complexity index is 485. The fourth-order valence-corrected chi connectivity index (χ4v) is 3.41. The van der Waals surface area contributed by atoms with E-state index in [9.17, 15) is 5.11 Å². The van der Waals surface area contributed by atoms with E-state index in [2.05, 4.69) is 32.1 Å². The Morgan fingerprint density at radius 1 is 1.39 bits per heavy atom. The van der Waals surface area contributed by atoms with E-state index < -0.39 is 5.60 Å². The number of hydrogen-bond donors (Lipinski definition) is 1. The molecule has 2 rings (SSSR count). The average molecular weight is 282 g/mol. The lowest BCUT2D eigenvalue weighted by Gasteiger charge is -2.24. The molecule has 0 aliphatic carbocycles. The van der Waals surface area contributed by atoms with Crippen LogP contribution in [0.2, 0.25) is 0 Å². The average Bonchev–Trinajstić information content (AvgIpc) is 2.82. The highest BCUT2D eigenvalue weighted by atomic mass is 32.1. The first-order valence-electron chi connectivity index (χ1n) is 5.82. The van der Waals surface area contributed by atoms with Gasteiger partial charge in [0.1, 0.15) is 5.01 Å². The summed E-state index contributed by atoms with van der Waals surface area (Å²) in [6.07, 6.45) is 0. The third-order valence-corrected chi connectivity index (χ3v) is 4.03. The van der Waals surface area contributed by atoms with Gasteiger partial charge in [-0.1, -0.05) is 0 Å². The molecular weight excluding hydrogens is 264 g/mol. The number of rotatable bonds is 5. The largest absolute Gasteiger partial charge is 0.389 e. The van der Waals surface area contributed by atoms with Crippen LogP contribution in [0, 0.1) is 0 Å². The maximum Gasteiger partial charge on any atom is 0.124 e. The van der Waals surface area contributed by atoms with E-state index in [1.54, 1.807) is 22.7 Å². The summed E-state index contributed by atoms with van der Waals surface area (Å²) < 4.78 is 0. The van der Waals surface area contributed by atoms with Gasteiger partial charge in [0, 0.05) is 29.4 Å². The Balaban J connectivity index is 1.99. The van der Waals surface area contributed by atoms with Gasteiger partial charge in [-0.25, -0.2) is 4.98 Å². The fourth-order valence-electron chi connectivity index (χ4n) is 1.89. The summed E-state index contributed by atoms with van der Waals surface area (Å²) >= 11 is 3.36. The Morgan fingerprint density at radius 2 is 2.17 bits per heavy atom. The molecule has 0 amide bonds. The third kappa shape index (κ3) is 3.88. The van der Waals surface area contributed by atoms with Crippen LogP contribution < -0.4 is 0 Å². The van der Waals surface area contributed by atoms with Crippen LogP contribution in [-0.2, 0) is 6.54 Å². The molecule has 98 valence electrons. The summed E-state index contributed by atoms with van der Waals surface area (Å²) in [5, 5.41) is 17.1. The van der Waals surface area contributed by atoms with Crippen molar-refractivity contribution in [1.29, 1.82) is 0 Å². The number of likely N-dealkylation sites (N-methyl/N-ethyl adjacent to an activating group) is 1. The lowest BCUT2D eigenvalue weighted by molar-refractivity contribution is 0.0422. The van der Waals surface area contributed by atoms with E-state index >= 15 is 0 Å². The minimum atomic E-state index is -0.666. The first-order chi connectivity index (χ1) is 8.44. The molecule has 5 heteroatoms. The standard InChI is InChI=1S/C13H18N2OS2/c1-13(2,16)9-15(3)6-11-8-18-12(14-11)10-4-5-17-7-10/h4-5,7-8,16H,6,9H2,1-3H3. The number of thiazole rings is 1. The van der Waals surface area contributed by atoms with Crippen molar-refractivity contribution in [2.75, 3.05) is 13.6 Å². The molecule has 18 heavy (non-hydrogen) atoms. The molecule has 0 aromatic carbocycles. The molecular formula is C13H18N2OS2. The summed E-state index contributed by atoms with van der Waals surface area (Å²) in [5.41, 5.74) is 1.59. The summed E-state index contributed by atoms with van der Waals surface area (Å²) in [7, 11) is 2.00. The van der Waals surface area contributed by atoms with E-state index in [-0.39, 0.29) is 0 Å². The zero-order chi connectivity index (χ0) is 13.2. The van der Waals surface area contributed by atoms with Gasteiger partial charge in [-0.15, -0.1) is 11.3 Å². The van der Waals surface area contributed by atoms with Gasteiger partial charge in [0.05, 0.1) is 11.3 Å². The van der Waals surface area contributed by atoms with Gasteiger partial charge in [0.25, 0.3) is 0 Å². The minimum absolute atomic E-state index is 0.637. The highest BCUT2D eigenvalue weighted by Crippen LogP contribution is 2.26. The maximum absolute atomic E-state index is 9.76.